The van der Waals surface area contributed by atoms with Crippen molar-refractivity contribution in [1.82, 2.24) is 25.2 Å². The van der Waals surface area contributed by atoms with Gasteiger partial charge in [-0.1, -0.05) is 18.2 Å². The van der Waals surface area contributed by atoms with Crippen molar-refractivity contribution in [3.8, 4) is 11.4 Å². The maximum absolute atomic E-state index is 13.6. The fourth-order valence-electron chi connectivity index (χ4n) is 3.45. The summed E-state index contributed by atoms with van der Waals surface area (Å²) in [6, 6.07) is 12.0. The number of ether oxygens (including phenoxy) is 1. The number of nitrogens with one attached hydrogen (secondary N) is 2. The van der Waals surface area contributed by atoms with Gasteiger partial charge < -0.3 is 9.84 Å². The Morgan fingerprint density at radius 3 is 2.59 bits per heavy atom. The summed E-state index contributed by atoms with van der Waals surface area (Å²) in [4.78, 5) is 12.9. The van der Waals surface area contributed by atoms with Crippen LogP contribution in [0.2, 0.25) is 0 Å². The van der Waals surface area contributed by atoms with Gasteiger partial charge in [0.15, 0.2) is 17.4 Å². The van der Waals surface area contributed by atoms with Crippen molar-refractivity contribution in [3.05, 3.63) is 75.7 Å². The van der Waals surface area contributed by atoms with E-state index in [2.05, 4.69) is 16.0 Å². The number of aliphatic hydroxyl groups is 1. The molecular formula is C20H22FN5O3. The maximum atomic E-state index is 13.6. The number of hydrogen-bond donors (Lipinski definition) is 3. The second-order valence-corrected chi connectivity index (χ2v) is 6.87. The Morgan fingerprint density at radius 2 is 1.93 bits per heavy atom. The molecule has 2 aromatic carbocycles. The van der Waals surface area contributed by atoms with Gasteiger partial charge in [0.25, 0.3) is 0 Å². The fourth-order valence-corrected chi connectivity index (χ4v) is 3.45. The van der Waals surface area contributed by atoms with Crippen LogP contribution in [0.4, 0.5) is 4.39 Å². The fraction of sp³-hybridized carbons (Fsp3) is 0.300. The van der Waals surface area contributed by atoms with Gasteiger partial charge >= 0.3 is 5.69 Å². The zero-order valence-electron chi connectivity index (χ0n) is 15.9. The number of halogens is 1. The Balaban J connectivity index is 1.64. The van der Waals surface area contributed by atoms with Crippen LogP contribution in [0.1, 0.15) is 22.9 Å². The molecule has 1 aliphatic rings. The molecule has 0 unspecified atom stereocenters. The molecule has 29 heavy (non-hydrogen) atoms. The molecule has 1 aromatic heterocycles. The quantitative estimate of drug-likeness (QED) is 0.571. The summed E-state index contributed by atoms with van der Waals surface area (Å²) in [5, 5.41) is 13.9. The standard InChI is InChI=1S/C20H22FN5O3/c1-29-18-8-13(2-7-17(18)21)11-25-19(12-27)24-26(20(25)28)16-5-3-14(4-6-16)15-9-22-23-10-15/h2-8,15,22-23,27H,9-12H2,1H3. The van der Waals surface area contributed by atoms with Gasteiger partial charge in [-0.25, -0.2) is 9.18 Å². The molecule has 4 rings (SSSR count). The summed E-state index contributed by atoms with van der Waals surface area (Å²) in [6.45, 7) is 1.45. The number of hydrazine groups is 1. The molecule has 2 heterocycles. The van der Waals surface area contributed by atoms with Gasteiger partial charge in [0.05, 0.1) is 19.3 Å². The number of rotatable bonds is 6. The van der Waals surface area contributed by atoms with Crippen molar-refractivity contribution < 1.29 is 14.2 Å². The summed E-state index contributed by atoms with van der Waals surface area (Å²) in [7, 11) is 1.38. The van der Waals surface area contributed by atoms with Gasteiger partial charge in [-0.2, -0.15) is 4.68 Å². The zero-order valence-corrected chi connectivity index (χ0v) is 15.9. The highest BCUT2D eigenvalue weighted by Crippen LogP contribution is 2.20. The molecular weight excluding hydrogens is 377 g/mol. The Labute approximate surface area is 166 Å². The van der Waals surface area contributed by atoms with E-state index in [9.17, 15) is 14.3 Å². The first kappa shape index (κ1) is 19.3. The monoisotopic (exact) mass is 399 g/mol. The van der Waals surface area contributed by atoms with Crippen LogP contribution >= 0.6 is 0 Å². The van der Waals surface area contributed by atoms with E-state index in [1.807, 2.05) is 24.3 Å². The van der Waals surface area contributed by atoms with Crippen LogP contribution in [-0.4, -0.2) is 39.7 Å². The Bertz CT molecular complexity index is 1050. The topological polar surface area (TPSA) is 93.3 Å². The van der Waals surface area contributed by atoms with E-state index in [1.54, 1.807) is 6.07 Å². The number of hydrogen-bond acceptors (Lipinski definition) is 6. The van der Waals surface area contributed by atoms with Crippen molar-refractivity contribution in [1.29, 1.82) is 0 Å². The molecule has 0 amide bonds. The molecule has 8 nitrogen and oxygen atoms in total. The molecule has 1 fully saturated rings. The maximum Gasteiger partial charge on any atom is 0.351 e. The third-order valence-electron chi connectivity index (χ3n) is 5.07. The predicted octanol–water partition coefficient (Wildman–Crippen LogP) is 0.914. The van der Waals surface area contributed by atoms with E-state index in [0.717, 1.165) is 13.1 Å². The molecule has 1 aliphatic heterocycles. The summed E-state index contributed by atoms with van der Waals surface area (Å²) in [5.41, 5.74) is 8.26. The number of aromatic nitrogens is 3. The van der Waals surface area contributed by atoms with Crippen molar-refractivity contribution in [3.63, 3.8) is 0 Å². The Morgan fingerprint density at radius 1 is 1.21 bits per heavy atom. The molecule has 3 N–H and O–H groups in total. The first-order valence-corrected chi connectivity index (χ1v) is 9.28. The van der Waals surface area contributed by atoms with Crippen LogP contribution in [0.15, 0.2) is 47.3 Å². The van der Waals surface area contributed by atoms with E-state index in [-0.39, 0.29) is 23.8 Å². The SMILES string of the molecule is COc1cc(Cn2c(CO)nn(-c3ccc(C4CNNC4)cc3)c2=O)ccc1F. The molecule has 0 saturated carbocycles. The number of benzene rings is 2. The van der Waals surface area contributed by atoms with E-state index in [1.165, 1.54) is 34.1 Å². The van der Waals surface area contributed by atoms with Gasteiger partial charge in [0.1, 0.15) is 6.61 Å². The highest BCUT2D eigenvalue weighted by Gasteiger charge is 2.18. The number of aliphatic hydroxyl groups excluding tert-OH is 1. The smallest absolute Gasteiger partial charge is 0.351 e. The lowest BCUT2D eigenvalue weighted by molar-refractivity contribution is 0.265. The molecule has 9 heteroatoms. The second-order valence-electron chi connectivity index (χ2n) is 6.87. The average Bonchev–Trinajstić information content (AvgIpc) is 3.39. The minimum Gasteiger partial charge on any atom is -0.494 e. The summed E-state index contributed by atoms with van der Waals surface area (Å²) >= 11 is 0. The van der Waals surface area contributed by atoms with Gasteiger partial charge in [-0.15, -0.1) is 5.10 Å². The summed E-state index contributed by atoms with van der Waals surface area (Å²) < 4.78 is 21.3. The van der Waals surface area contributed by atoms with E-state index in [0.29, 0.717) is 17.2 Å². The second kappa shape index (κ2) is 8.16. The van der Waals surface area contributed by atoms with E-state index < -0.39 is 12.4 Å². The normalized spacial score (nSPS) is 14.4. The Kier molecular flexibility index (Phi) is 5.43. The van der Waals surface area contributed by atoms with E-state index in [4.69, 9.17) is 4.74 Å². The minimum atomic E-state index is -0.477. The van der Waals surface area contributed by atoms with Crippen LogP contribution < -0.4 is 21.3 Å². The minimum absolute atomic E-state index is 0.0972. The first-order valence-electron chi connectivity index (χ1n) is 9.28. The highest BCUT2D eigenvalue weighted by molar-refractivity contribution is 5.36. The summed E-state index contributed by atoms with van der Waals surface area (Å²) in [6.07, 6.45) is 0. The molecule has 3 aromatic rings. The largest absolute Gasteiger partial charge is 0.494 e. The summed E-state index contributed by atoms with van der Waals surface area (Å²) in [5.74, 6) is 0.223. The van der Waals surface area contributed by atoms with Crippen LogP contribution in [0.25, 0.3) is 5.69 Å². The van der Waals surface area contributed by atoms with Crippen molar-refractivity contribution in [2.24, 2.45) is 0 Å². The molecule has 0 radical (unpaired) electrons. The highest BCUT2D eigenvalue weighted by atomic mass is 19.1. The van der Waals surface area contributed by atoms with Crippen LogP contribution in [0.5, 0.6) is 5.75 Å². The van der Waals surface area contributed by atoms with Crippen molar-refractivity contribution in [2.75, 3.05) is 20.2 Å². The molecule has 152 valence electrons. The van der Waals surface area contributed by atoms with Gasteiger partial charge in [0, 0.05) is 19.0 Å². The van der Waals surface area contributed by atoms with Gasteiger partial charge in [0.2, 0.25) is 0 Å². The average molecular weight is 399 g/mol. The number of methoxy groups -OCH3 is 1. The molecule has 0 aliphatic carbocycles. The van der Waals surface area contributed by atoms with Gasteiger partial charge in [-0.05, 0) is 35.4 Å². The van der Waals surface area contributed by atoms with Crippen LogP contribution in [-0.2, 0) is 13.2 Å². The lowest BCUT2D eigenvalue weighted by atomic mass is 10.0. The Hall–Kier alpha value is -3.01. The van der Waals surface area contributed by atoms with Crippen molar-refractivity contribution >= 4 is 0 Å². The third kappa shape index (κ3) is 3.80. The molecule has 0 spiro atoms. The first-order chi connectivity index (χ1) is 14.1. The van der Waals surface area contributed by atoms with Crippen LogP contribution in [0, 0.1) is 5.82 Å². The van der Waals surface area contributed by atoms with Gasteiger partial charge in [-0.3, -0.25) is 15.4 Å². The molecule has 1 saturated heterocycles. The van der Waals surface area contributed by atoms with E-state index >= 15 is 0 Å². The predicted molar refractivity (Wildman–Crippen MR) is 105 cm³/mol. The third-order valence-corrected chi connectivity index (χ3v) is 5.07. The zero-order chi connectivity index (χ0) is 20.4. The lowest BCUT2D eigenvalue weighted by Gasteiger charge is -2.08. The van der Waals surface area contributed by atoms with Crippen molar-refractivity contribution in [2.45, 2.75) is 19.1 Å². The lowest BCUT2D eigenvalue weighted by Crippen LogP contribution is -2.25. The van der Waals surface area contributed by atoms with Crippen LogP contribution in [0.3, 0.4) is 0 Å². The molecule has 0 bridgehead atoms. The number of nitrogens with zero attached hydrogens (tertiary/aromatic N) is 3. The molecule has 0 atom stereocenters.